The van der Waals surface area contributed by atoms with Gasteiger partial charge in [-0.2, -0.15) is 0 Å². The van der Waals surface area contributed by atoms with Gasteiger partial charge in [0, 0.05) is 17.0 Å². The van der Waals surface area contributed by atoms with E-state index in [1.54, 1.807) is 18.2 Å². The van der Waals surface area contributed by atoms with Crippen LogP contribution in [0.15, 0.2) is 36.4 Å². The van der Waals surface area contributed by atoms with E-state index >= 15 is 0 Å². The summed E-state index contributed by atoms with van der Waals surface area (Å²) >= 11 is 12.1. The van der Waals surface area contributed by atoms with Crippen LogP contribution in [0.2, 0.25) is 10.0 Å². The number of benzene rings is 2. The Hall–Kier alpha value is -2.57. The van der Waals surface area contributed by atoms with Gasteiger partial charge >= 0.3 is 11.9 Å². The molecule has 0 radical (unpaired) electrons. The van der Waals surface area contributed by atoms with Crippen molar-refractivity contribution >= 4 is 46.7 Å². The minimum absolute atomic E-state index is 0.0694. The van der Waals surface area contributed by atoms with E-state index in [2.05, 4.69) is 0 Å². The Morgan fingerprint density at radius 3 is 2.19 bits per heavy atom. The molecule has 6 nitrogen and oxygen atoms in total. The molecule has 1 amide bonds. The van der Waals surface area contributed by atoms with Crippen molar-refractivity contribution in [3.05, 3.63) is 63.1 Å². The molecule has 2 aromatic rings. The van der Waals surface area contributed by atoms with Crippen LogP contribution in [0.3, 0.4) is 0 Å². The van der Waals surface area contributed by atoms with Crippen molar-refractivity contribution in [2.24, 2.45) is 0 Å². The summed E-state index contributed by atoms with van der Waals surface area (Å²) in [5, 5.41) is 0.832. The highest BCUT2D eigenvalue weighted by Crippen LogP contribution is 2.28. The van der Waals surface area contributed by atoms with Gasteiger partial charge in [-0.1, -0.05) is 29.3 Å². The van der Waals surface area contributed by atoms with Crippen molar-refractivity contribution < 1.29 is 23.9 Å². The number of nitrogens with zero attached hydrogens (tertiary/aromatic N) is 1. The summed E-state index contributed by atoms with van der Waals surface area (Å²) in [4.78, 5) is 37.7. The second-order valence-electron chi connectivity index (χ2n) is 5.56. The molecule has 0 saturated heterocycles. The molecule has 0 saturated carbocycles. The molecule has 0 aromatic heterocycles. The molecular formula is C19H17Cl2NO5. The molecule has 0 atom stereocenters. The predicted molar refractivity (Wildman–Crippen MR) is 102 cm³/mol. The molecule has 0 aliphatic rings. The fourth-order valence-electron chi connectivity index (χ4n) is 2.47. The van der Waals surface area contributed by atoms with Gasteiger partial charge in [-0.05, 0) is 35.9 Å². The summed E-state index contributed by atoms with van der Waals surface area (Å²) in [7, 11) is 2.47. The average Bonchev–Trinajstić information content (AvgIpc) is 2.65. The van der Waals surface area contributed by atoms with Gasteiger partial charge in [0.05, 0.1) is 37.6 Å². The molecule has 2 rings (SSSR count). The number of hydrogen-bond donors (Lipinski definition) is 0. The summed E-state index contributed by atoms with van der Waals surface area (Å²) in [5.41, 5.74) is 1.15. The number of halogens is 2. The quantitative estimate of drug-likeness (QED) is 0.694. The van der Waals surface area contributed by atoms with Gasteiger partial charge in [-0.15, -0.1) is 0 Å². The third-order valence-electron chi connectivity index (χ3n) is 3.84. The number of carbonyl (C=O) groups excluding carboxylic acids is 3. The van der Waals surface area contributed by atoms with E-state index in [1.807, 2.05) is 0 Å². The molecule has 0 unspecified atom stereocenters. The zero-order valence-corrected chi connectivity index (χ0v) is 16.4. The lowest BCUT2D eigenvalue weighted by Gasteiger charge is -2.24. The second-order valence-corrected chi connectivity index (χ2v) is 6.40. The van der Waals surface area contributed by atoms with E-state index in [4.69, 9.17) is 32.7 Å². The van der Waals surface area contributed by atoms with Crippen LogP contribution in [0.4, 0.5) is 5.69 Å². The van der Waals surface area contributed by atoms with Crippen molar-refractivity contribution in [3.8, 4) is 0 Å². The first-order chi connectivity index (χ1) is 12.8. The molecule has 0 fully saturated rings. The molecule has 2 aromatic carbocycles. The van der Waals surface area contributed by atoms with E-state index < -0.39 is 11.9 Å². The maximum Gasteiger partial charge on any atom is 0.339 e. The van der Waals surface area contributed by atoms with Gasteiger partial charge in [-0.3, -0.25) is 4.79 Å². The first kappa shape index (κ1) is 20.7. The highest BCUT2D eigenvalue weighted by Gasteiger charge is 2.23. The van der Waals surface area contributed by atoms with Gasteiger partial charge in [0.1, 0.15) is 0 Å². The highest BCUT2D eigenvalue weighted by molar-refractivity contribution is 6.35. The number of rotatable bonds is 5. The van der Waals surface area contributed by atoms with Crippen LogP contribution >= 0.6 is 23.2 Å². The molecule has 27 heavy (non-hydrogen) atoms. The number of hydrogen-bond acceptors (Lipinski definition) is 5. The predicted octanol–water partition coefficient (Wildman–Crippen LogP) is 4.12. The Balaban J connectivity index is 2.58. The molecular weight excluding hydrogens is 393 g/mol. The van der Waals surface area contributed by atoms with E-state index in [0.29, 0.717) is 15.6 Å². The summed E-state index contributed by atoms with van der Waals surface area (Å²) in [6, 6.07) is 9.13. The Morgan fingerprint density at radius 1 is 0.963 bits per heavy atom. The normalized spacial score (nSPS) is 10.3. The zero-order chi connectivity index (χ0) is 20.1. The fourth-order valence-corrected chi connectivity index (χ4v) is 2.94. The fraction of sp³-hybridized carbons (Fsp3) is 0.211. The van der Waals surface area contributed by atoms with Crippen LogP contribution in [0.1, 0.15) is 33.2 Å². The Labute approximate surface area is 166 Å². The Morgan fingerprint density at radius 2 is 1.63 bits per heavy atom. The molecule has 0 N–H and O–H groups in total. The summed E-state index contributed by atoms with van der Waals surface area (Å²) in [6.07, 6.45) is 0. The highest BCUT2D eigenvalue weighted by atomic mass is 35.5. The lowest BCUT2D eigenvalue weighted by Crippen LogP contribution is -2.30. The Bertz CT molecular complexity index is 898. The lowest BCUT2D eigenvalue weighted by atomic mass is 10.1. The molecule has 142 valence electrons. The summed E-state index contributed by atoms with van der Waals surface area (Å²) in [5.74, 6) is -1.59. The van der Waals surface area contributed by atoms with E-state index in [0.717, 1.165) is 0 Å². The topological polar surface area (TPSA) is 72.9 Å². The van der Waals surface area contributed by atoms with Gasteiger partial charge in [0.25, 0.3) is 0 Å². The Kier molecular flexibility index (Phi) is 6.82. The van der Waals surface area contributed by atoms with Crippen LogP contribution in [0.5, 0.6) is 0 Å². The van der Waals surface area contributed by atoms with Crippen LogP contribution in [0, 0.1) is 0 Å². The van der Waals surface area contributed by atoms with Crippen LogP contribution < -0.4 is 4.90 Å². The average molecular weight is 410 g/mol. The zero-order valence-electron chi connectivity index (χ0n) is 14.9. The second kappa shape index (κ2) is 8.88. The van der Waals surface area contributed by atoms with Crippen LogP contribution in [-0.4, -0.2) is 32.1 Å². The summed E-state index contributed by atoms with van der Waals surface area (Å²) < 4.78 is 9.50. The first-order valence-electron chi connectivity index (χ1n) is 7.81. The van der Waals surface area contributed by atoms with Crippen LogP contribution in [-0.2, 0) is 20.8 Å². The minimum Gasteiger partial charge on any atom is -0.465 e. The van der Waals surface area contributed by atoms with Gasteiger partial charge in [-0.25, -0.2) is 9.59 Å². The number of carbonyl (C=O) groups is 3. The number of methoxy groups -OCH3 is 2. The first-order valence-corrected chi connectivity index (χ1v) is 8.56. The molecule has 0 aliphatic carbocycles. The third kappa shape index (κ3) is 4.78. The number of ether oxygens (including phenoxy) is 2. The molecule has 0 heterocycles. The standard InChI is InChI=1S/C19H17Cl2NO5/c1-11(23)22(10-13-4-6-14(20)9-16(13)21)17-8-12(18(24)26-2)5-7-15(17)19(25)27-3/h4-9H,10H2,1-3H3. The van der Waals surface area contributed by atoms with E-state index in [-0.39, 0.29) is 29.3 Å². The van der Waals surface area contributed by atoms with Gasteiger partial charge < -0.3 is 14.4 Å². The number of anilines is 1. The minimum atomic E-state index is -0.644. The van der Waals surface area contributed by atoms with Crippen molar-refractivity contribution in [2.75, 3.05) is 19.1 Å². The summed E-state index contributed by atoms with van der Waals surface area (Å²) in [6.45, 7) is 1.41. The maximum absolute atomic E-state index is 12.3. The number of amides is 1. The van der Waals surface area contributed by atoms with E-state index in [9.17, 15) is 14.4 Å². The monoisotopic (exact) mass is 409 g/mol. The van der Waals surface area contributed by atoms with Crippen molar-refractivity contribution in [1.29, 1.82) is 0 Å². The maximum atomic E-state index is 12.3. The third-order valence-corrected chi connectivity index (χ3v) is 4.43. The number of esters is 2. The SMILES string of the molecule is COC(=O)c1ccc(C(=O)OC)c(N(Cc2ccc(Cl)cc2Cl)C(C)=O)c1. The lowest BCUT2D eigenvalue weighted by molar-refractivity contribution is -0.116. The van der Waals surface area contributed by atoms with Crippen LogP contribution in [0.25, 0.3) is 0 Å². The molecule has 8 heteroatoms. The van der Waals surface area contributed by atoms with Crippen molar-refractivity contribution in [1.82, 2.24) is 0 Å². The van der Waals surface area contributed by atoms with Gasteiger partial charge in [0.15, 0.2) is 0 Å². The van der Waals surface area contributed by atoms with Crippen molar-refractivity contribution in [3.63, 3.8) is 0 Å². The molecule has 0 bridgehead atoms. The largest absolute Gasteiger partial charge is 0.465 e. The molecule has 0 aliphatic heterocycles. The van der Waals surface area contributed by atoms with Crippen molar-refractivity contribution in [2.45, 2.75) is 13.5 Å². The van der Waals surface area contributed by atoms with Gasteiger partial charge in [0.2, 0.25) is 5.91 Å². The van der Waals surface area contributed by atoms with E-state index in [1.165, 1.54) is 44.2 Å². The smallest absolute Gasteiger partial charge is 0.339 e. The molecule has 0 spiro atoms.